The smallest absolute Gasteiger partial charge is 0.203 e. The van der Waals surface area contributed by atoms with Crippen LogP contribution in [0.2, 0.25) is 0 Å². The van der Waals surface area contributed by atoms with Crippen LogP contribution in [0.25, 0.3) is 0 Å². The second-order valence-electron chi connectivity index (χ2n) is 4.60. The van der Waals surface area contributed by atoms with E-state index in [0.29, 0.717) is 0 Å². The van der Waals surface area contributed by atoms with Gasteiger partial charge in [-0.1, -0.05) is 6.07 Å². The molecule has 108 valence electrons. The summed E-state index contributed by atoms with van der Waals surface area (Å²) in [6, 6.07) is 4.25. The van der Waals surface area contributed by atoms with Crippen LogP contribution in [0.5, 0.6) is 0 Å². The maximum absolute atomic E-state index is 5.32. The van der Waals surface area contributed by atoms with Gasteiger partial charge in [0.2, 0.25) is 5.95 Å². The molecule has 1 unspecified atom stereocenters. The van der Waals surface area contributed by atoms with Gasteiger partial charge in [0, 0.05) is 44.5 Å². The van der Waals surface area contributed by atoms with E-state index in [1.807, 2.05) is 31.6 Å². The maximum Gasteiger partial charge on any atom is 0.203 e. The molecule has 0 saturated carbocycles. The lowest BCUT2D eigenvalue weighted by atomic mass is 10.1. The van der Waals surface area contributed by atoms with Crippen molar-refractivity contribution in [2.75, 3.05) is 25.1 Å². The van der Waals surface area contributed by atoms with Gasteiger partial charge in [-0.2, -0.15) is 0 Å². The molecule has 5 heteroatoms. The van der Waals surface area contributed by atoms with Gasteiger partial charge in [0.25, 0.3) is 0 Å². The fraction of sp³-hybridized carbons (Fsp3) is 0.467. The molecular formula is C15H22N4O. The molecule has 1 N–H and O–H groups in total. The van der Waals surface area contributed by atoms with Crippen LogP contribution in [-0.2, 0) is 4.74 Å². The summed E-state index contributed by atoms with van der Waals surface area (Å²) < 4.78 is 7.45. The van der Waals surface area contributed by atoms with Gasteiger partial charge in [-0.3, -0.25) is 4.98 Å². The topological polar surface area (TPSA) is 52.0 Å². The third kappa shape index (κ3) is 3.81. The zero-order chi connectivity index (χ0) is 14.2. The van der Waals surface area contributed by atoms with E-state index in [-0.39, 0.29) is 6.04 Å². The summed E-state index contributed by atoms with van der Waals surface area (Å²) in [5.74, 6) is 0.887. The maximum atomic E-state index is 5.32. The lowest BCUT2D eigenvalue weighted by Gasteiger charge is -2.17. The van der Waals surface area contributed by atoms with Crippen LogP contribution in [0, 0.1) is 0 Å². The SMILES string of the molecule is CCOCCCNc1nccn1C(C)c1cccnc1. The van der Waals surface area contributed by atoms with Gasteiger partial charge in [-0.25, -0.2) is 4.98 Å². The van der Waals surface area contributed by atoms with Crippen LogP contribution < -0.4 is 5.32 Å². The molecule has 5 nitrogen and oxygen atoms in total. The summed E-state index contributed by atoms with van der Waals surface area (Å²) in [7, 11) is 0. The van der Waals surface area contributed by atoms with E-state index < -0.39 is 0 Å². The normalized spacial score (nSPS) is 12.3. The molecule has 0 spiro atoms. The Bertz CT molecular complexity index is 498. The Morgan fingerprint density at radius 2 is 2.30 bits per heavy atom. The zero-order valence-corrected chi connectivity index (χ0v) is 12.1. The molecule has 0 aliphatic rings. The Labute approximate surface area is 120 Å². The summed E-state index contributed by atoms with van der Waals surface area (Å²) in [5, 5.41) is 3.35. The van der Waals surface area contributed by atoms with E-state index in [1.54, 1.807) is 6.20 Å². The minimum Gasteiger partial charge on any atom is -0.382 e. The predicted molar refractivity (Wildman–Crippen MR) is 79.9 cm³/mol. The molecule has 0 radical (unpaired) electrons. The number of ether oxygens (including phenoxy) is 1. The van der Waals surface area contributed by atoms with Gasteiger partial charge in [0.1, 0.15) is 0 Å². The minimum atomic E-state index is 0.209. The Hall–Kier alpha value is -1.88. The van der Waals surface area contributed by atoms with Crippen molar-refractivity contribution in [1.82, 2.24) is 14.5 Å². The molecule has 0 fully saturated rings. The molecule has 1 atom stereocenters. The zero-order valence-electron chi connectivity index (χ0n) is 12.1. The van der Waals surface area contributed by atoms with Crippen LogP contribution in [0.4, 0.5) is 5.95 Å². The lowest BCUT2D eigenvalue weighted by Crippen LogP contribution is -2.13. The fourth-order valence-corrected chi connectivity index (χ4v) is 2.06. The molecule has 0 aliphatic heterocycles. The number of hydrogen-bond donors (Lipinski definition) is 1. The molecule has 0 aromatic carbocycles. The summed E-state index contributed by atoms with van der Waals surface area (Å²) >= 11 is 0. The van der Waals surface area contributed by atoms with Gasteiger partial charge in [0.05, 0.1) is 6.04 Å². The highest BCUT2D eigenvalue weighted by molar-refractivity contribution is 5.29. The largest absolute Gasteiger partial charge is 0.382 e. The second-order valence-corrected chi connectivity index (χ2v) is 4.60. The Morgan fingerprint density at radius 3 is 3.05 bits per heavy atom. The second kappa shape index (κ2) is 7.65. The van der Waals surface area contributed by atoms with Crippen molar-refractivity contribution in [3.05, 3.63) is 42.5 Å². The Kier molecular flexibility index (Phi) is 5.55. The Balaban J connectivity index is 1.94. The van der Waals surface area contributed by atoms with Crippen molar-refractivity contribution >= 4 is 5.95 Å². The number of pyridine rings is 1. The molecule has 2 rings (SSSR count). The molecule has 2 aromatic heterocycles. The van der Waals surface area contributed by atoms with E-state index in [1.165, 1.54) is 5.56 Å². The molecule has 0 bridgehead atoms. The summed E-state index contributed by atoms with van der Waals surface area (Å²) in [5.41, 5.74) is 1.17. The van der Waals surface area contributed by atoms with E-state index in [0.717, 1.165) is 32.1 Å². The summed E-state index contributed by atoms with van der Waals surface area (Å²) in [4.78, 5) is 8.54. The number of nitrogens with one attached hydrogen (secondary N) is 1. The quantitative estimate of drug-likeness (QED) is 0.752. The van der Waals surface area contributed by atoms with Crippen LogP contribution in [0.1, 0.15) is 31.9 Å². The van der Waals surface area contributed by atoms with Crippen molar-refractivity contribution in [3.63, 3.8) is 0 Å². The fourth-order valence-electron chi connectivity index (χ4n) is 2.06. The third-order valence-corrected chi connectivity index (χ3v) is 3.21. The van der Waals surface area contributed by atoms with Crippen LogP contribution >= 0.6 is 0 Å². The lowest BCUT2D eigenvalue weighted by molar-refractivity contribution is 0.147. The van der Waals surface area contributed by atoms with Crippen LogP contribution in [0.15, 0.2) is 36.9 Å². The molecule has 2 aromatic rings. The monoisotopic (exact) mass is 274 g/mol. The average molecular weight is 274 g/mol. The molecule has 0 saturated heterocycles. The van der Waals surface area contributed by atoms with Gasteiger partial charge < -0.3 is 14.6 Å². The number of hydrogen-bond acceptors (Lipinski definition) is 4. The first-order chi connectivity index (χ1) is 9.83. The van der Waals surface area contributed by atoms with Gasteiger partial charge >= 0.3 is 0 Å². The number of nitrogens with zero attached hydrogens (tertiary/aromatic N) is 3. The summed E-state index contributed by atoms with van der Waals surface area (Å²) in [6.07, 6.45) is 8.46. The van der Waals surface area contributed by atoms with Crippen molar-refractivity contribution in [2.45, 2.75) is 26.3 Å². The highest BCUT2D eigenvalue weighted by atomic mass is 16.5. The number of anilines is 1. The first-order valence-electron chi connectivity index (χ1n) is 7.07. The molecule has 0 amide bonds. The third-order valence-electron chi connectivity index (χ3n) is 3.21. The number of rotatable bonds is 8. The van der Waals surface area contributed by atoms with Crippen LogP contribution in [0.3, 0.4) is 0 Å². The van der Waals surface area contributed by atoms with E-state index in [4.69, 9.17) is 4.74 Å². The van der Waals surface area contributed by atoms with Crippen molar-refractivity contribution in [3.8, 4) is 0 Å². The van der Waals surface area contributed by atoms with Crippen molar-refractivity contribution in [1.29, 1.82) is 0 Å². The van der Waals surface area contributed by atoms with E-state index in [9.17, 15) is 0 Å². The molecular weight excluding hydrogens is 252 g/mol. The average Bonchev–Trinajstić information content (AvgIpc) is 2.95. The van der Waals surface area contributed by atoms with Gasteiger partial charge in [-0.15, -0.1) is 0 Å². The predicted octanol–water partition coefficient (Wildman–Crippen LogP) is 2.73. The standard InChI is InChI=1S/C15H22N4O/c1-3-20-11-5-8-17-15-18-9-10-19(15)13(2)14-6-4-7-16-12-14/h4,6-7,9-10,12-13H,3,5,8,11H2,1-2H3,(H,17,18). The summed E-state index contributed by atoms with van der Waals surface area (Å²) in [6.45, 7) is 6.56. The minimum absolute atomic E-state index is 0.209. The first kappa shape index (κ1) is 14.5. The Morgan fingerprint density at radius 1 is 1.40 bits per heavy atom. The molecule has 20 heavy (non-hydrogen) atoms. The number of aromatic nitrogens is 3. The first-order valence-corrected chi connectivity index (χ1v) is 7.07. The number of imidazole rings is 1. The van der Waals surface area contributed by atoms with E-state index >= 15 is 0 Å². The van der Waals surface area contributed by atoms with E-state index in [2.05, 4.69) is 32.8 Å². The van der Waals surface area contributed by atoms with Crippen LogP contribution in [-0.4, -0.2) is 34.3 Å². The van der Waals surface area contributed by atoms with Gasteiger partial charge in [-0.05, 0) is 31.9 Å². The van der Waals surface area contributed by atoms with Crippen molar-refractivity contribution < 1.29 is 4.74 Å². The highest BCUT2D eigenvalue weighted by Gasteiger charge is 2.11. The van der Waals surface area contributed by atoms with Gasteiger partial charge in [0.15, 0.2) is 0 Å². The molecule has 2 heterocycles. The molecule has 0 aliphatic carbocycles. The highest BCUT2D eigenvalue weighted by Crippen LogP contribution is 2.20. The van der Waals surface area contributed by atoms with Crippen molar-refractivity contribution in [2.24, 2.45) is 0 Å².